The minimum atomic E-state index is -0.914. The van der Waals surface area contributed by atoms with Crippen molar-refractivity contribution >= 4 is 11.7 Å². The highest BCUT2D eigenvalue weighted by Gasteiger charge is 2.10. The normalized spacial score (nSPS) is 10.2. The quantitative estimate of drug-likeness (QED) is 0.859. The maximum Gasteiger partial charge on any atom is 0.309 e. The fraction of sp³-hybridized carbons (Fsp3) is 0.188. The molecule has 21 heavy (non-hydrogen) atoms. The molecule has 3 nitrogen and oxygen atoms in total. The van der Waals surface area contributed by atoms with Crippen LogP contribution in [0.4, 0.5) is 14.5 Å². The number of benzene rings is 2. The number of anilines is 1. The van der Waals surface area contributed by atoms with Gasteiger partial charge in [-0.15, -0.1) is 0 Å². The van der Waals surface area contributed by atoms with Crippen LogP contribution in [0.25, 0.3) is 0 Å². The third-order valence-corrected chi connectivity index (χ3v) is 3.10. The Labute approximate surface area is 121 Å². The first-order valence-electron chi connectivity index (χ1n) is 6.43. The van der Waals surface area contributed by atoms with Crippen molar-refractivity contribution in [1.82, 2.24) is 0 Å². The summed E-state index contributed by atoms with van der Waals surface area (Å²) in [6.07, 6.45) is 0.139. The van der Waals surface area contributed by atoms with E-state index in [0.29, 0.717) is 0 Å². The Balaban J connectivity index is 2.13. The van der Waals surface area contributed by atoms with Crippen molar-refractivity contribution < 1.29 is 18.3 Å². The van der Waals surface area contributed by atoms with Gasteiger partial charge < -0.3 is 10.1 Å². The van der Waals surface area contributed by atoms with Gasteiger partial charge in [0.15, 0.2) is 11.6 Å². The maximum atomic E-state index is 13.6. The van der Waals surface area contributed by atoms with Gasteiger partial charge in [-0.1, -0.05) is 30.3 Å². The molecule has 110 valence electrons. The molecule has 2 aromatic carbocycles. The van der Waals surface area contributed by atoms with Gasteiger partial charge in [0.25, 0.3) is 0 Å². The van der Waals surface area contributed by atoms with Gasteiger partial charge in [0, 0.05) is 6.54 Å². The SMILES string of the molecule is COC(=O)Cc1ccccc1CNc1cccc(F)c1F. The highest BCUT2D eigenvalue weighted by Crippen LogP contribution is 2.18. The highest BCUT2D eigenvalue weighted by molar-refractivity contribution is 5.72. The summed E-state index contributed by atoms with van der Waals surface area (Å²) in [5.74, 6) is -2.16. The highest BCUT2D eigenvalue weighted by atomic mass is 19.2. The lowest BCUT2D eigenvalue weighted by Crippen LogP contribution is -2.09. The van der Waals surface area contributed by atoms with E-state index in [1.165, 1.54) is 19.2 Å². The smallest absolute Gasteiger partial charge is 0.309 e. The van der Waals surface area contributed by atoms with Crippen molar-refractivity contribution in [3.8, 4) is 0 Å². The summed E-state index contributed by atoms with van der Waals surface area (Å²) < 4.78 is 31.3. The zero-order chi connectivity index (χ0) is 15.2. The zero-order valence-corrected chi connectivity index (χ0v) is 11.5. The average Bonchev–Trinajstić information content (AvgIpc) is 2.50. The predicted molar refractivity (Wildman–Crippen MR) is 75.8 cm³/mol. The van der Waals surface area contributed by atoms with Crippen molar-refractivity contribution in [1.29, 1.82) is 0 Å². The molecule has 5 heteroatoms. The van der Waals surface area contributed by atoms with Gasteiger partial charge in [0.2, 0.25) is 0 Å². The van der Waals surface area contributed by atoms with Crippen molar-refractivity contribution in [3.63, 3.8) is 0 Å². The summed E-state index contributed by atoms with van der Waals surface area (Å²) >= 11 is 0. The van der Waals surface area contributed by atoms with E-state index in [0.717, 1.165) is 17.2 Å². The Bertz CT molecular complexity index is 644. The molecule has 2 rings (SSSR count). The molecule has 1 N–H and O–H groups in total. The molecular weight excluding hydrogens is 276 g/mol. The Morgan fingerprint density at radius 1 is 1.10 bits per heavy atom. The zero-order valence-electron chi connectivity index (χ0n) is 11.5. The minimum Gasteiger partial charge on any atom is -0.469 e. The van der Waals surface area contributed by atoms with Crippen LogP contribution in [0.2, 0.25) is 0 Å². The molecule has 0 aliphatic carbocycles. The topological polar surface area (TPSA) is 38.3 Å². The Kier molecular flexibility index (Phi) is 4.87. The number of methoxy groups -OCH3 is 1. The Morgan fingerprint density at radius 2 is 1.81 bits per heavy atom. The number of hydrogen-bond acceptors (Lipinski definition) is 3. The first kappa shape index (κ1) is 15.0. The second-order valence-corrected chi connectivity index (χ2v) is 4.48. The average molecular weight is 291 g/mol. The molecule has 0 spiro atoms. The van der Waals surface area contributed by atoms with Gasteiger partial charge in [-0.3, -0.25) is 4.79 Å². The van der Waals surface area contributed by atoms with E-state index >= 15 is 0 Å². The number of halogens is 2. The predicted octanol–water partition coefficient (Wildman–Crippen LogP) is 3.29. The summed E-state index contributed by atoms with van der Waals surface area (Å²) in [5, 5.41) is 2.83. The fourth-order valence-corrected chi connectivity index (χ4v) is 1.96. The van der Waals surface area contributed by atoms with Crippen molar-refractivity contribution in [2.45, 2.75) is 13.0 Å². The Hall–Kier alpha value is -2.43. The van der Waals surface area contributed by atoms with Gasteiger partial charge in [0.1, 0.15) is 0 Å². The van der Waals surface area contributed by atoms with Crippen molar-refractivity contribution in [3.05, 3.63) is 65.2 Å². The van der Waals surface area contributed by atoms with Crippen LogP contribution in [0.15, 0.2) is 42.5 Å². The molecule has 0 unspecified atom stereocenters. The van der Waals surface area contributed by atoms with Crippen LogP contribution < -0.4 is 5.32 Å². The second kappa shape index (κ2) is 6.83. The number of carbonyl (C=O) groups excluding carboxylic acids is 1. The van der Waals surface area contributed by atoms with E-state index in [-0.39, 0.29) is 24.6 Å². The van der Waals surface area contributed by atoms with Gasteiger partial charge in [-0.2, -0.15) is 0 Å². The van der Waals surface area contributed by atoms with Gasteiger partial charge >= 0.3 is 5.97 Å². The molecule has 0 aliphatic heterocycles. The first-order chi connectivity index (χ1) is 10.1. The molecule has 0 amide bonds. The van der Waals surface area contributed by atoms with Gasteiger partial charge in [0.05, 0.1) is 19.2 Å². The molecule has 0 fully saturated rings. The van der Waals surface area contributed by atoms with Crippen LogP contribution in [0.5, 0.6) is 0 Å². The van der Waals surface area contributed by atoms with E-state index in [1.54, 1.807) is 6.07 Å². The maximum absolute atomic E-state index is 13.6. The summed E-state index contributed by atoms with van der Waals surface area (Å²) in [6, 6.07) is 11.2. The molecule has 0 bridgehead atoms. The monoisotopic (exact) mass is 291 g/mol. The lowest BCUT2D eigenvalue weighted by atomic mass is 10.0. The second-order valence-electron chi connectivity index (χ2n) is 4.48. The van der Waals surface area contributed by atoms with Crippen molar-refractivity contribution in [2.75, 3.05) is 12.4 Å². The van der Waals surface area contributed by atoms with E-state index < -0.39 is 11.6 Å². The summed E-state index contributed by atoms with van der Waals surface area (Å²) in [7, 11) is 1.32. The number of esters is 1. The largest absolute Gasteiger partial charge is 0.469 e. The molecule has 0 aliphatic rings. The fourth-order valence-electron chi connectivity index (χ4n) is 1.96. The molecule has 0 saturated carbocycles. The number of ether oxygens (including phenoxy) is 1. The summed E-state index contributed by atoms with van der Waals surface area (Å²) in [4.78, 5) is 11.4. The standard InChI is InChI=1S/C16H15F2NO2/c1-21-15(20)9-11-5-2-3-6-12(11)10-19-14-8-4-7-13(17)16(14)18/h2-8,19H,9-10H2,1H3. The van der Waals surface area contributed by atoms with Gasteiger partial charge in [-0.05, 0) is 23.3 Å². The molecule has 0 saturated heterocycles. The van der Waals surface area contributed by atoms with E-state index in [4.69, 9.17) is 0 Å². The summed E-state index contributed by atoms with van der Waals surface area (Å²) in [6.45, 7) is 0.285. The van der Waals surface area contributed by atoms with Crippen LogP contribution in [0, 0.1) is 11.6 Å². The molecule has 0 heterocycles. The van der Waals surface area contributed by atoms with Crippen LogP contribution in [0.3, 0.4) is 0 Å². The van der Waals surface area contributed by atoms with E-state index in [2.05, 4.69) is 10.1 Å². The lowest BCUT2D eigenvalue weighted by Gasteiger charge is -2.11. The van der Waals surface area contributed by atoms with E-state index in [9.17, 15) is 13.6 Å². The first-order valence-corrected chi connectivity index (χ1v) is 6.43. The number of rotatable bonds is 5. The number of nitrogens with one attached hydrogen (secondary N) is 1. The number of carbonyl (C=O) groups is 1. The third kappa shape index (κ3) is 3.78. The molecule has 0 radical (unpaired) electrons. The van der Waals surface area contributed by atoms with Crippen LogP contribution in [-0.4, -0.2) is 13.1 Å². The minimum absolute atomic E-state index is 0.0860. The van der Waals surface area contributed by atoms with Crippen LogP contribution in [-0.2, 0) is 22.5 Å². The van der Waals surface area contributed by atoms with Crippen LogP contribution >= 0.6 is 0 Å². The third-order valence-electron chi connectivity index (χ3n) is 3.10. The van der Waals surface area contributed by atoms with Gasteiger partial charge in [-0.25, -0.2) is 8.78 Å². The molecule has 0 atom stereocenters. The lowest BCUT2D eigenvalue weighted by molar-refractivity contribution is -0.139. The van der Waals surface area contributed by atoms with Crippen molar-refractivity contribution in [2.24, 2.45) is 0 Å². The van der Waals surface area contributed by atoms with Crippen LogP contribution in [0.1, 0.15) is 11.1 Å². The summed E-state index contributed by atoms with van der Waals surface area (Å²) in [5.41, 5.74) is 1.70. The molecule has 0 aromatic heterocycles. The molecule has 2 aromatic rings. The van der Waals surface area contributed by atoms with E-state index in [1.807, 2.05) is 18.2 Å². The molecular formula is C16H15F2NO2. The Morgan fingerprint density at radius 3 is 2.52 bits per heavy atom. The number of hydrogen-bond donors (Lipinski definition) is 1.